The molecule has 2 fully saturated rings. The zero-order valence-electron chi connectivity index (χ0n) is 39.5. The number of carboxylic acids is 1. The number of aliphatic carboxylic acids is 1. The Morgan fingerprint density at radius 2 is 0.831 bits per heavy atom. The van der Waals surface area contributed by atoms with Gasteiger partial charge in [0.2, 0.25) is 11.8 Å². The minimum Gasteiger partial charge on any atom is -0.870 e. The molecule has 0 saturated carbocycles. The first-order chi connectivity index (χ1) is 32.8. The Morgan fingerprint density at radius 1 is 0.535 bits per heavy atom. The summed E-state index contributed by atoms with van der Waals surface area (Å²) in [7, 11) is 1.35. The van der Waals surface area contributed by atoms with Gasteiger partial charge in [-0.05, 0) is 33.4 Å². The minimum atomic E-state index is -1.01. The predicted molar refractivity (Wildman–Crippen MR) is 272 cm³/mol. The number of ether oxygens (including phenoxy) is 3. The molecule has 2 saturated heterocycles. The normalized spacial score (nSPS) is 17.0. The van der Waals surface area contributed by atoms with Gasteiger partial charge in [0, 0.05) is 25.9 Å². The van der Waals surface area contributed by atoms with Crippen LogP contribution in [0.3, 0.4) is 0 Å². The maximum atomic E-state index is 13.9. The average molecular weight is 955 g/mol. The second-order valence-corrected chi connectivity index (χ2v) is 16.4. The number of nitrogens with zero attached hydrogens (tertiary/aromatic N) is 2. The van der Waals surface area contributed by atoms with Gasteiger partial charge in [0.1, 0.15) is 12.1 Å². The molecule has 366 valence electrons. The molecule has 4 atom stereocenters. The summed E-state index contributed by atoms with van der Waals surface area (Å²) >= 11 is 0. The fraction of sp³-hybridized carbons (Fsp3) is 0.241. The topological polar surface area (TPSA) is 184 Å². The Kier molecular flexibility index (Phi) is 24.7. The van der Waals surface area contributed by atoms with Crippen molar-refractivity contribution in [1.82, 2.24) is 9.80 Å². The maximum Gasteiger partial charge on any atom is 1.00 e. The van der Waals surface area contributed by atoms with Crippen LogP contribution in [0.15, 0.2) is 194 Å². The maximum absolute atomic E-state index is 13.9. The molecule has 0 spiro atoms. The molecule has 0 aliphatic carbocycles. The van der Waals surface area contributed by atoms with Crippen LogP contribution < -0.4 is 18.9 Å². The van der Waals surface area contributed by atoms with Gasteiger partial charge in [-0.1, -0.05) is 214 Å². The molecular weight excluding hydrogens is 892 g/mol. The molecule has 0 unspecified atom stereocenters. The molecule has 2 aliphatic rings. The summed E-state index contributed by atoms with van der Waals surface area (Å²) in [6.07, 6.45) is 7.92. The van der Waals surface area contributed by atoms with Gasteiger partial charge in [0.05, 0.1) is 44.4 Å². The number of esters is 1. The Bertz CT molecular complexity index is 2480. The molecule has 0 bridgehead atoms. The van der Waals surface area contributed by atoms with Crippen molar-refractivity contribution in [2.75, 3.05) is 33.4 Å². The van der Waals surface area contributed by atoms with E-state index in [0.29, 0.717) is 26.2 Å². The van der Waals surface area contributed by atoms with E-state index in [1.807, 2.05) is 206 Å². The van der Waals surface area contributed by atoms with Crippen LogP contribution in [0.4, 0.5) is 0 Å². The predicted octanol–water partition coefficient (Wildman–Crippen LogP) is 5.93. The fourth-order valence-corrected chi connectivity index (χ4v) is 8.67. The fourth-order valence-electron chi connectivity index (χ4n) is 8.67. The molecule has 2 aliphatic heterocycles. The van der Waals surface area contributed by atoms with Gasteiger partial charge in [-0.25, -0.2) is 9.59 Å². The Balaban J connectivity index is 0.000000355. The summed E-state index contributed by atoms with van der Waals surface area (Å²) in [4.78, 5) is 55.3. The van der Waals surface area contributed by atoms with E-state index < -0.39 is 35.9 Å². The van der Waals surface area contributed by atoms with Gasteiger partial charge >= 0.3 is 30.8 Å². The molecule has 12 nitrogen and oxygen atoms in total. The second-order valence-electron chi connectivity index (χ2n) is 16.4. The van der Waals surface area contributed by atoms with E-state index in [0.717, 1.165) is 33.4 Å². The Hall–Kier alpha value is -6.88. The number of amides is 2. The van der Waals surface area contributed by atoms with Crippen molar-refractivity contribution in [3.8, 4) is 0 Å². The molecule has 8 rings (SSSR count). The Labute approximate surface area is 429 Å². The van der Waals surface area contributed by atoms with E-state index in [4.69, 9.17) is 14.2 Å². The summed E-state index contributed by atoms with van der Waals surface area (Å²) in [5.41, 5.74) is 5.62. The third-order valence-electron chi connectivity index (χ3n) is 12.0. The van der Waals surface area contributed by atoms with Gasteiger partial charge in [0.25, 0.3) is 0 Å². The number of methoxy groups -OCH3 is 1. The number of carbonyl (C=O) groups is 4. The standard InChI is InChI=1S/C29H29NO4.C28H27NO4.CH4.Li.2H2O/c1-33-29(32)26-20-25(34-19-11-14-22-12-5-2-6-13-22)21-30(26)28(31)27(23-15-7-3-8-16-23)24-17-9-4-10-18-24;30-27(26(22-14-6-2-7-15-22)23-16-8-3-9-17-23)29-20-24(19-25(29)28(31)32)33-18-10-13-21-11-4-1-5-12-21;;;;/h2-18,25-27H,19-21H2,1H3;1-17,24-26H,18-20H2,(H,31,32);1H4;;2*1H2/q;;;+1;;/p-1/b14-11+;13-10+;;;;/t25-,26-;24-,25-;;;;/m00..../s1. The molecule has 0 radical (unpaired) electrons. The molecule has 6 aromatic rings. The average Bonchev–Trinajstić information content (AvgIpc) is 4.02. The Morgan fingerprint density at radius 3 is 1.14 bits per heavy atom. The van der Waals surface area contributed by atoms with Crippen molar-refractivity contribution in [2.24, 2.45) is 0 Å². The van der Waals surface area contributed by atoms with Crippen LogP contribution in [0.5, 0.6) is 0 Å². The first-order valence-electron chi connectivity index (χ1n) is 22.6. The molecule has 4 N–H and O–H groups in total. The second kappa shape index (κ2) is 30.0. The van der Waals surface area contributed by atoms with Gasteiger partial charge in [-0.3, -0.25) is 9.59 Å². The van der Waals surface area contributed by atoms with Crippen LogP contribution >= 0.6 is 0 Å². The zero-order chi connectivity index (χ0) is 46.8. The van der Waals surface area contributed by atoms with Gasteiger partial charge in [-0.2, -0.15) is 0 Å². The first-order valence-corrected chi connectivity index (χ1v) is 22.6. The van der Waals surface area contributed by atoms with Crippen LogP contribution in [0.25, 0.3) is 12.2 Å². The van der Waals surface area contributed by atoms with Crippen molar-refractivity contribution in [2.45, 2.75) is 56.4 Å². The van der Waals surface area contributed by atoms with Gasteiger partial charge < -0.3 is 40.1 Å². The van der Waals surface area contributed by atoms with E-state index in [-0.39, 0.29) is 74.2 Å². The van der Waals surface area contributed by atoms with E-state index in [1.165, 1.54) is 12.0 Å². The number of rotatable bonds is 16. The molecular formula is C58H63LiN2O10. The summed E-state index contributed by atoms with van der Waals surface area (Å²) in [5.74, 6) is -2.84. The number of hydrogen-bond donors (Lipinski definition) is 1. The third-order valence-corrected chi connectivity index (χ3v) is 12.0. The third kappa shape index (κ3) is 16.1. The summed E-state index contributed by atoms with van der Waals surface area (Å²) in [6, 6.07) is 56.6. The van der Waals surface area contributed by atoms with Crippen molar-refractivity contribution >= 4 is 35.9 Å². The van der Waals surface area contributed by atoms with Crippen LogP contribution in [-0.2, 0) is 33.4 Å². The van der Waals surface area contributed by atoms with Gasteiger partial charge in [-0.15, -0.1) is 0 Å². The smallest absolute Gasteiger partial charge is 0.870 e. The number of benzene rings is 6. The first kappa shape index (κ1) is 58.4. The number of hydrogen-bond acceptors (Lipinski definition) is 8. The summed E-state index contributed by atoms with van der Waals surface area (Å²) < 4.78 is 17.0. The summed E-state index contributed by atoms with van der Waals surface area (Å²) in [5, 5.41) is 9.83. The summed E-state index contributed by atoms with van der Waals surface area (Å²) in [6.45, 7) is 1.35. The van der Waals surface area contributed by atoms with Crippen LogP contribution in [0.1, 0.15) is 65.5 Å². The molecule has 71 heavy (non-hydrogen) atoms. The van der Waals surface area contributed by atoms with E-state index in [2.05, 4.69) is 0 Å². The van der Waals surface area contributed by atoms with Crippen LogP contribution in [-0.4, -0.2) is 107 Å². The van der Waals surface area contributed by atoms with Crippen molar-refractivity contribution in [3.05, 3.63) is 228 Å². The molecule has 0 aromatic heterocycles. The minimum absolute atomic E-state index is 0. The van der Waals surface area contributed by atoms with Crippen LogP contribution in [0.2, 0.25) is 0 Å². The zero-order valence-corrected chi connectivity index (χ0v) is 39.5. The molecule has 2 heterocycles. The van der Waals surface area contributed by atoms with E-state index in [1.54, 1.807) is 4.90 Å². The van der Waals surface area contributed by atoms with Crippen molar-refractivity contribution in [3.63, 3.8) is 0 Å². The largest absolute Gasteiger partial charge is 1.00 e. The SMILES string of the molecule is C.COC(=O)[C@@H]1C[C@H](OC/C=C/c2ccccc2)CN1C(=O)C(c1ccccc1)c1ccccc1.O.O=C(O)[C@@H]1C[C@H](OC/C=C/c2ccccc2)CN1C(=O)C(c1ccccc1)c1ccccc1.[Li+].[OH-]. The molecule has 2 amide bonds. The number of carbonyl (C=O) groups excluding carboxylic acids is 3. The van der Waals surface area contributed by atoms with E-state index >= 15 is 0 Å². The molecule has 13 heteroatoms. The van der Waals surface area contributed by atoms with Crippen molar-refractivity contribution in [1.29, 1.82) is 0 Å². The number of likely N-dealkylation sites (tertiary alicyclic amines) is 2. The quantitative estimate of drug-likeness (QED) is 0.0908. The van der Waals surface area contributed by atoms with Crippen LogP contribution in [0, 0.1) is 0 Å². The monoisotopic (exact) mass is 954 g/mol. The van der Waals surface area contributed by atoms with E-state index in [9.17, 15) is 24.3 Å². The number of carboxylic acid groups (broad SMARTS) is 1. The van der Waals surface area contributed by atoms with Gasteiger partial charge in [0.15, 0.2) is 0 Å². The molecule has 6 aromatic carbocycles. The van der Waals surface area contributed by atoms with Crippen molar-refractivity contribution < 1.29 is 68.3 Å².